The highest BCUT2D eigenvalue weighted by Crippen LogP contribution is 2.30. The van der Waals surface area contributed by atoms with Crippen molar-refractivity contribution in [2.45, 2.75) is 32.1 Å². The van der Waals surface area contributed by atoms with Gasteiger partial charge in [-0.25, -0.2) is 0 Å². The summed E-state index contributed by atoms with van der Waals surface area (Å²) in [5.74, 6) is -0.0287. The molecule has 0 spiro atoms. The van der Waals surface area contributed by atoms with E-state index in [9.17, 15) is 4.79 Å². The van der Waals surface area contributed by atoms with Crippen LogP contribution in [0.3, 0.4) is 0 Å². The Balaban J connectivity index is 1.81. The van der Waals surface area contributed by atoms with Gasteiger partial charge in [0.05, 0.1) is 5.92 Å². The molecule has 2 N–H and O–H groups in total. The van der Waals surface area contributed by atoms with Crippen molar-refractivity contribution in [3.8, 4) is 0 Å². The third-order valence-corrected chi connectivity index (χ3v) is 3.38. The summed E-state index contributed by atoms with van der Waals surface area (Å²) >= 11 is 0. The summed E-state index contributed by atoms with van der Waals surface area (Å²) in [4.78, 5) is 13.8. The Bertz CT molecular complexity index is 310. The van der Waals surface area contributed by atoms with Gasteiger partial charge in [-0.2, -0.15) is 0 Å². The molecule has 0 unspecified atom stereocenters. The van der Waals surface area contributed by atoms with Crippen molar-refractivity contribution in [3.63, 3.8) is 0 Å². The van der Waals surface area contributed by atoms with Crippen molar-refractivity contribution in [2.24, 2.45) is 11.8 Å². The first kappa shape index (κ1) is 10.3. The number of aliphatic carboxylic acids is 1. The fourth-order valence-electron chi connectivity index (χ4n) is 2.43. The second-order valence-electron chi connectivity index (χ2n) is 4.48. The minimum Gasteiger partial charge on any atom is -0.481 e. The van der Waals surface area contributed by atoms with Gasteiger partial charge in [0.1, 0.15) is 0 Å². The van der Waals surface area contributed by atoms with Crippen LogP contribution in [0.4, 0.5) is 0 Å². The Morgan fingerprint density at radius 2 is 2.13 bits per heavy atom. The first-order valence-corrected chi connectivity index (χ1v) is 5.60. The van der Waals surface area contributed by atoms with E-state index in [1.807, 2.05) is 12.4 Å². The molecule has 1 aliphatic rings. The number of aromatic amines is 1. The van der Waals surface area contributed by atoms with Crippen molar-refractivity contribution in [3.05, 3.63) is 24.0 Å². The van der Waals surface area contributed by atoms with E-state index in [-0.39, 0.29) is 5.92 Å². The van der Waals surface area contributed by atoms with Crippen molar-refractivity contribution >= 4 is 5.97 Å². The first-order valence-electron chi connectivity index (χ1n) is 5.60. The lowest BCUT2D eigenvalue weighted by atomic mass is 9.79. The van der Waals surface area contributed by atoms with Gasteiger partial charge in [0, 0.05) is 12.4 Å². The topological polar surface area (TPSA) is 53.1 Å². The molecule has 1 saturated carbocycles. The maximum atomic E-state index is 10.8. The van der Waals surface area contributed by atoms with Crippen molar-refractivity contribution in [1.82, 2.24) is 4.98 Å². The molecule has 0 aliphatic heterocycles. The predicted molar refractivity (Wildman–Crippen MR) is 57.6 cm³/mol. The van der Waals surface area contributed by atoms with Crippen LogP contribution in [-0.4, -0.2) is 16.1 Å². The number of carboxylic acids is 1. The predicted octanol–water partition coefficient (Wildman–Crippen LogP) is 2.45. The molecule has 0 radical (unpaired) electrons. The SMILES string of the molecule is O=C(O)C1CCC(Cc2cc[nH]c2)CC1. The van der Waals surface area contributed by atoms with Gasteiger partial charge in [0.25, 0.3) is 0 Å². The minimum absolute atomic E-state index is 0.0903. The molecular formula is C12H17NO2. The van der Waals surface area contributed by atoms with Gasteiger partial charge in [0.2, 0.25) is 0 Å². The van der Waals surface area contributed by atoms with Gasteiger partial charge in [-0.1, -0.05) is 0 Å². The van der Waals surface area contributed by atoms with Crippen LogP contribution in [0, 0.1) is 11.8 Å². The molecule has 0 bridgehead atoms. The molecule has 0 aromatic carbocycles. The average Bonchev–Trinajstić information content (AvgIpc) is 2.71. The highest BCUT2D eigenvalue weighted by molar-refractivity contribution is 5.69. The Hall–Kier alpha value is -1.25. The summed E-state index contributed by atoms with van der Waals surface area (Å²) in [6.07, 6.45) is 8.89. The Kier molecular flexibility index (Phi) is 3.09. The molecule has 1 heterocycles. The molecule has 15 heavy (non-hydrogen) atoms. The number of aromatic nitrogens is 1. The molecule has 1 aliphatic carbocycles. The number of hydrogen-bond donors (Lipinski definition) is 2. The first-order chi connectivity index (χ1) is 7.25. The van der Waals surface area contributed by atoms with Crippen molar-refractivity contribution in [2.75, 3.05) is 0 Å². The quantitative estimate of drug-likeness (QED) is 0.799. The van der Waals surface area contributed by atoms with E-state index < -0.39 is 5.97 Å². The minimum atomic E-state index is -0.616. The number of carboxylic acid groups (broad SMARTS) is 1. The van der Waals surface area contributed by atoms with Gasteiger partial charge in [-0.3, -0.25) is 4.79 Å². The molecule has 1 aromatic heterocycles. The summed E-state index contributed by atoms with van der Waals surface area (Å²) in [5.41, 5.74) is 1.34. The lowest BCUT2D eigenvalue weighted by molar-refractivity contribution is -0.143. The molecule has 0 saturated heterocycles. The smallest absolute Gasteiger partial charge is 0.306 e. The zero-order chi connectivity index (χ0) is 10.7. The van der Waals surface area contributed by atoms with Gasteiger partial charge < -0.3 is 10.1 Å². The number of H-pyrrole nitrogens is 1. The molecular weight excluding hydrogens is 190 g/mol. The summed E-state index contributed by atoms with van der Waals surface area (Å²) in [6, 6.07) is 2.10. The summed E-state index contributed by atoms with van der Waals surface area (Å²) in [7, 11) is 0. The van der Waals surface area contributed by atoms with E-state index in [1.54, 1.807) is 0 Å². The van der Waals surface area contributed by atoms with Crippen molar-refractivity contribution < 1.29 is 9.90 Å². The van der Waals surface area contributed by atoms with Crippen LogP contribution in [0.1, 0.15) is 31.2 Å². The number of carbonyl (C=O) groups is 1. The third kappa shape index (κ3) is 2.61. The average molecular weight is 207 g/mol. The fourth-order valence-corrected chi connectivity index (χ4v) is 2.43. The van der Waals surface area contributed by atoms with E-state index in [0.29, 0.717) is 5.92 Å². The number of hydrogen-bond acceptors (Lipinski definition) is 1. The van der Waals surface area contributed by atoms with Crippen LogP contribution < -0.4 is 0 Å². The molecule has 0 atom stereocenters. The number of rotatable bonds is 3. The lowest BCUT2D eigenvalue weighted by Crippen LogP contribution is -2.22. The van der Waals surface area contributed by atoms with Gasteiger partial charge >= 0.3 is 5.97 Å². The van der Waals surface area contributed by atoms with Crippen LogP contribution in [-0.2, 0) is 11.2 Å². The molecule has 0 amide bonds. The van der Waals surface area contributed by atoms with Crippen LogP contribution >= 0.6 is 0 Å². The lowest BCUT2D eigenvalue weighted by Gasteiger charge is -2.25. The van der Waals surface area contributed by atoms with Crippen LogP contribution in [0.25, 0.3) is 0 Å². The largest absolute Gasteiger partial charge is 0.481 e. The normalized spacial score (nSPS) is 26.4. The van der Waals surface area contributed by atoms with E-state index in [0.717, 1.165) is 32.1 Å². The van der Waals surface area contributed by atoms with E-state index >= 15 is 0 Å². The highest BCUT2D eigenvalue weighted by Gasteiger charge is 2.25. The third-order valence-electron chi connectivity index (χ3n) is 3.38. The Labute approximate surface area is 89.5 Å². The van der Waals surface area contributed by atoms with Gasteiger partial charge in [-0.15, -0.1) is 0 Å². The zero-order valence-corrected chi connectivity index (χ0v) is 8.78. The summed E-state index contributed by atoms with van der Waals surface area (Å²) < 4.78 is 0. The van der Waals surface area contributed by atoms with Crippen LogP contribution in [0.15, 0.2) is 18.5 Å². The zero-order valence-electron chi connectivity index (χ0n) is 8.78. The fraction of sp³-hybridized carbons (Fsp3) is 0.583. The maximum Gasteiger partial charge on any atom is 0.306 e. The van der Waals surface area contributed by atoms with Crippen molar-refractivity contribution in [1.29, 1.82) is 0 Å². The van der Waals surface area contributed by atoms with E-state index in [4.69, 9.17) is 5.11 Å². The monoisotopic (exact) mass is 207 g/mol. The Morgan fingerprint density at radius 3 is 2.67 bits per heavy atom. The highest BCUT2D eigenvalue weighted by atomic mass is 16.4. The number of nitrogens with one attached hydrogen (secondary N) is 1. The standard InChI is InChI=1S/C12H17NO2/c14-12(15)11-3-1-9(2-4-11)7-10-5-6-13-8-10/h5-6,8-9,11,13H,1-4,7H2,(H,14,15). The summed E-state index contributed by atoms with van der Waals surface area (Å²) in [5, 5.41) is 8.88. The molecule has 82 valence electrons. The second kappa shape index (κ2) is 4.51. The molecule has 1 aromatic rings. The van der Waals surface area contributed by atoms with Crippen LogP contribution in [0.5, 0.6) is 0 Å². The molecule has 2 rings (SSSR count). The van der Waals surface area contributed by atoms with Crippen LogP contribution in [0.2, 0.25) is 0 Å². The van der Waals surface area contributed by atoms with E-state index in [1.165, 1.54) is 5.56 Å². The van der Waals surface area contributed by atoms with Gasteiger partial charge in [0.15, 0.2) is 0 Å². The Morgan fingerprint density at radius 1 is 1.40 bits per heavy atom. The molecule has 3 nitrogen and oxygen atoms in total. The molecule has 1 fully saturated rings. The maximum absolute atomic E-state index is 10.8. The van der Waals surface area contributed by atoms with Gasteiger partial charge in [-0.05, 0) is 49.7 Å². The second-order valence-corrected chi connectivity index (χ2v) is 4.48. The molecule has 3 heteroatoms. The van der Waals surface area contributed by atoms with E-state index in [2.05, 4.69) is 11.1 Å². The summed E-state index contributed by atoms with van der Waals surface area (Å²) in [6.45, 7) is 0.